The monoisotopic (exact) mass is 465 g/mol. The summed E-state index contributed by atoms with van der Waals surface area (Å²) < 4.78 is 37.6. The molecule has 1 amide bonds. The van der Waals surface area contributed by atoms with E-state index in [0.717, 1.165) is 36.9 Å². The van der Waals surface area contributed by atoms with E-state index in [1.54, 1.807) is 24.3 Å². The molecule has 0 radical (unpaired) electrons. The zero-order valence-corrected chi connectivity index (χ0v) is 18.8. The van der Waals surface area contributed by atoms with E-state index in [9.17, 15) is 18.8 Å². The largest absolute Gasteiger partial charge is 0.446 e. The molecule has 2 fully saturated rings. The smallest absolute Gasteiger partial charge is 0.411 e. The van der Waals surface area contributed by atoms with Gasteiger partial charge in [-0.05, 0) is 74.3 Å². The van der Waals surface area contributed by atoms with E-state index in [2.05, 4.69) is 16.1 Å². The van der Waals surface area contributed by atoms with Gasteiger partial charge in [-0.15, -0.1) is 0 Å². The summed E-state index contributed by atoms with van der Waals surface area (Å²) in [7, 11) is 0. The van der Waals surface area contributed by atoms with Crippen molar-refractivity contribution in [1.82, 2.24) is 4.57 Å². The third-order valence-electron chi connectivity index (χ3n) is 6.49. The molecule has 1 unspecified atom stereocenters. The number of hydrogen-bond donors (Lipinski definition) is 1. The summed E-state index contributed by atoms with van der Waals surface area (Å²) in [6.07, 6.45) is 3.79. The second-order valence-corrected chi connectivity index (χ2v) is 9.10. The molecule has 2 aliphatic carbocycles. The maximum atomic E-state index is 12.8. The highest BCUT2D eigenvalue weighted by Crippen LogP contribution is 2.40. The molecule has 2 saturated carbocycles. The molecule has 1 atom stereocenters. The SMILES string of the molecule is CC(OC(=O)Nc1ccc(-c2c(C#N)c3ccc(OC(F)F)cc3n2CC2CC2)cc1)C1CC1. The van der Waals surface area contributed by atoms with Gasteiger partial charge in [-0.3, -0.25) is 5.32 Å². The second kappa shape index (κ2) is 8.98. The van der Waals surface area contributed by atoms with E-state index in [4.69, 9.17) is 4.74 Å². The molecule has 0 saturated heterocycles. The predicted molar refractivity (Wildman–Crippen MR) is 124 cm³/mol. The summed E-state index contributed by atoms with van der Waals surface area (Å²) in [5.74, 6) is 1.01. The number of halogens is 2. The Morgan fingerprint density at radius 1 is 1.18 bits per heavy atom. The fraction of sp³-hybridized carbons (Fsp3) is 0.385. The normalized spacial score (nSPS) is 16.3. The summed E-state index contributed by atoms with van der Waals surface area (Å²) in [6, 6.07) is 14.2. The molecule has 0 spiro atoms. The number of fused-ring (bicyclic) bond motifs is 1. The fourth-order valence-corrected chi connectivity index (χ4v) is 4.36. The van der Waals surface area contributed by atoms with Crippen molar-refractivity contribution in [3.63, 3.8) is 0 Å². The average molecular weight is 466 g/mol. The van der Waals surface area contributed by atoms with Crippen LogP contribution in [0.4, 0.5) is 19.3 Å². The number of carbonyl (C=O) groups is 1. The van der Waals surface area contributed by atoms with Gasteiger partial charge in [0.15, 0.2) is 0 Å². The highest BCUT2D eigenvalue weighted by molar-refractivity contribution is 5.95. The molecule has 176 valence electrons. The lowest BCUT2D eigenvalue weighted by Crippen LogP contribution is -2.21. The standard InChI is InChI=1S/C26H25F2N3O3/c1-15(17-4-5-17)33-26(32)30-19-8-6-18(7-9-19)24-22(13-29)21-11-10-20(34-25(27)28)12-23(21)31(24)14-16-2-3-16/h6-12,15-17,25H,2-5,14H2,1H3,(H,30,32). The van der Waals surface area contributed by atoms with Crippen LogP contribution in [0.2, 0.25) is 0 Å². The molecule has 6 nitrogen and oxygen atoms in total. The molecule has 3 aromatic rings. The average Bonchev–Trinajstić information content (AvgIpc) is 3.71. The van der Waals surface area contributed by atoms with Gasteiger partial charge in [-0.2, -0.15) is 14.0 Å². The van der Waals surface area contributed by atoms with Crippen molar-refractivity contribution < 1.29 is 23.0 Å². The number of rotatable bonds is 8. The number of amides is 1. The number of hydrogen-bond acceptors (Lipinski definition) is 4. The number of alkyl halides is 2. The van der Waals surface area contributed by atoms with Crippen LogP contribution >= 0.6 is 0 Å². The molecule has 1 N–H and O–H groups in total. The Kier molecular flexibility index (Phi) is 5.86. The van der Waals surface area contributed by atoms with Crippen LogP contribution in [0.3, 0.4) is 0 Å². The third-order valence-corrected chi connectivity index (χ3v) is 6.49. The van der Waals surface area contributed by atoms with Gasteiger partial charge >= 0.3 is 12.7 Å². The Morgan fingerprint density at radius 3 is 2.53 bits per heavy atom. The number of carbonyl (C=O) groups excluding carboxylic acids is 1. The molecule has 2 aromatic carbocycles. The topological polar surface area (TPSA) is 76.3 Å². The second-order valence-electron chi connectivity index (χ2n) is 9.10. The Labute approximate surface area is 196 Å². The van der Waals surface area contributed by atoms with Crippen LogP contribution in [0.15, 0.2) is 42.5 Å². The number of anilines is 1. The van der Waals surface area contributed by atoms with Crippen molar-refractivity contribution in [2.24, 2.45) is 11.8 Å². The molecule has 0 bridgehead atoms. The van der Waals surface area contributed by atoms with Gasteiger partial charge < -0.3 is 14.0 Å². The zero-order valence-electron chi connectivity index (χ0n) is 18.8. The number of ether oxygens (including phenoxy) is 2. The van der Waals surface area contributed by atoms with Crippen molar-refractivity contribution in [3.05, 3.63) is 48.0 Å². The first-order valence-corrected chi connectivity index (χ1v) is 11.5. The van der Waals surface area contributed by atoms with E-state index < -0.39 is 12.7 Å². The van der Waals surface area contributed by atoms with Gasteiger partial charge in [0.25, 0.3) is 0 Å². The number of benzene rings is 2. The first-order chi connectivity index (χ1) is 16.4. The number of aromatic nitrogens is 1. The maximum Gasteiger partial charge on any atom is 0.411 e. The van der Waals surface area contributed by atoms with Gasteiger partial charge in [-0.25, -0.2) is 4.79 Å². The number of nitriles is 1. The third kappa shape index (κ3) is 4.69. The van der Waals surface area contributed by atoms with Gasteiger partial charge in [0.2, 0.25) is 0 Å². The Hall–Kier alpha value is -3.60. The molecule has 5 rings (SSSR count). The maximum absolute atomic E-state index is 12.8. The summed E-state index contributed by atoms with van der Waals surface area (Å²) in [5, 5.41) is 13.4. The summed E-state index contributed by atoms with van der Waals surface area (Å²) in [4.78, 5) is 12.2. The molecule has 1 aromatic heterocycles. The van der Waals surface area contributed by atoms with Crippen LogP contribution in [-0.2, 0) is 11.3 Å². The minimum atomic E-state index is -2.92. The zero-order chi connectivity index (χ0) is 23.8. The van der Waals surface area contributed by atoms with Crippen LogP contribution in [0.1, 0.15) is 38.2 Å². The Balaban J connectivity index is 1.46. The Bertz CT molecular complexity index is 1260. The van der Waals surface area contributed by atoms with E-state index >= 15 is 0 Å². The van der Waals surface area contributed by atoms with Crippen molar-refractivity contribution in [2.75, 3.05) is 5.32 Å². The van der Waals surface area contributed by atoms with Crippen molar-refractivity contribution >= 4 is 22.7 Å². The highest BCUT2D eigenvalue weighted by atomic mass is 19.3. The molecular weight excluding hydrogens is 440 g/mol. The first kappa shape index (κ1) is 22.2. The van der Waals surface area contributed by atoms with Crippen molar-refractivity contribution in [1.29, 1.82) is 5.26 Å². The van der Waals surface area contributed by atoms with E-state index in [-0.39, 0.29) is 11.9 Å². The lowest BCUT2D eigenvalue weighted by atomic mass is 10.1. The van der Waals surface area contributed by atoms with Gasteiger partial charge in [0.1, 0.15) is 17.9 Å². The van der Waals surface area contributed by atoms with Crippen molar-refractivity contribution in [3.8, 4) is 23.1 Å². The van der Waals surface area contributed by atoms with Crippen LogP contribution in [-0.4, -0.2) is 23.4 Å². The van der Waals surface area contributed by atoms with Gasteiger partial charge in [0.05, 0.1) is 16.8 Å². The van der Waals surface area contributed by atoms with Crippen molar-refractivity contribution in [2.45, 2.75) is 51.9 Å². The first-order valence-electron chi connectivity index (χ1n) is 11.5. The number of nitrogens with one attached hydrogen (secondary N) is 1. The van der Waals surface area contributed by atoms with Crippen LogP contribution in [0.25, 0.3) is 22.2 Å². The predicted octanol–water partition coefficient (Wildman–Crippen LogP) is 6.54. The van der Waals surface area contributed by atoms with Crippen LogP contribution < -0.4 is 10.1 Å². The molecule has 34 heavy (non-hydrogen) atoms. The number of nitrogens with zero attached hydrogens (tertiary/aromatic N) is 2. The van der Waals surface area contributed by atoms with Crippen LogP contribution in [0.5, 0.6) is 5.75 Å². The van der Waals surface area contributed by atoms with Crippen LogP contribution in [0, 0.1) is 23.2 Å². The fourth-order valence-electron chi connectivity index (χ4n) is 4.36. The molecule has 1 heterocycles. The highest BCUT2D eigenvalue weighted by Gasteiger charge is 2.31. The molecule has 8 heteroatoms. The van der Waals surface area contributed by atoms with Gasteiger partial charge in [0, 0.05) is 23.7 Å². The molecule has 2 aliphatic rings. The minimum Gasteiger partial charge on any atom is -0.446 e. The summed E-state index contributed by atoms with van der Waals surface area (Å²) >= 11 is 0. The van der Waals surface area contributed by atoms with Gasteiger partial charge in [-0.1, -0.05) is 12.1 Å². The summed E-state index contributed by atoms with van der Waals surface area (Å²) in [6.45, 7) is -0.324. The quantitative estimate of drug-likeness (QED) is 0.410. The lowest BCUT2D eigenvalue weighted by molar-refractivity contribution is -0.0497. The molecular formula is C26H25F2N3O3. The van der Waals surface area contributed by atoms with E-state index in [0.29, 0.717) is 40.5 Å². The lowest BCUT2D eigenvalue weighted by Gasteiger charge is -2.14. The van der Waals surface area contributed by atoms with E-state index in [1.807, 2.05) is 23.6 Å². The van der Waals surface area contributed by atoms with E-state index in [1.165, 1.54) is 6.07 Å². The summed E-state index contributed by atoms with van der Waals surface area (Å²) in [5.41, 5.74) is 3.30. The molecule has 0 aliphatic heterocycles. The Morgan fingerprint density at radius 2 is 1.91 bits per heavy atom. The minimum absolute atomic E-state index is 0.0616.